The number of carbonyl (C=O) groups excluding carboxylic acids is 1. The molecule has 0 bridgehead atoms. The standard InChI is InChI=1S/C17H16ClF3N2O/c1-10-4-3-5-14(11(10)2)23-16(24)9-22-15-7-6-12(18)8-13(15)17(19,20)21/h3-8,22H,9H2,1-2H3,(H,23,24). The van der Waals surface area contributed by atoms with E-state index in [0.29, 0.717) is 5.69 Å². The minimum atomic E-state index is -4.56. The Balaban J connectivity index is 2.08. The van der Waals surface area contributed by atoms with Gasteiger partial charge in [-0.15, -0.1) is 0 Å². The van der Waals surface area contributed by atoms with Crippen molar-refractivity contribution in [1.82, 2.24) is 0 Å². The number of halogens is 4. The fraction of sp³-hybridized carbons (Fsp3) is 0.235. The molecule has 0 aromatic heterocycles. The van der Waals surface area contributed by atoms with Crippen molar-refractivity contribution < 1.29 is 18.0 Å². The first kappa shape index (κ1) is 18.1. The molecule has 0 saturated carbocycles. The molecular formula is C17H16ClF3N2O. The number of amides is 1. The fourth-order valence-electron chi connectivity index (χ4n) is 2.16. The summed E-state index contributed by atoms with van der Waals surface area (Å²) in [5, 5.41) is 5.17. The third kappa shape index (κ3) is 4.41. The van der Waals surface area contributed by atoms with Crippen molar-refractivity contribution in [2.45, 2.75) is 20.0 Å². The molecule has 1 amide bonds. The maximum atomic E-state index is 13.0. The summed E-state index contributed by atoms with van der Waals surface area (Å²) in [6.45, 7) is 3.48. The normalized spacial score (nSPS) is 11.2. The van der Waals surface area contributed by atoms with Crippen molar-refractivity contribution >= 4 is 28.9 Å². The molecule has 2 rings (SSSR count). The van der Waals surface area contributed by atoms with Crippen LogP contribution in [-0.4, -0.2) is 12.5 Å². The largest absolute Gasteiger partial charge is 0.418 e. The minimum absolute atomic E-state index is 0.0206. The van der Waals surface area contributed by atoms with Crippen molar-refractivity contribution in [3.05, 3.63) is 58.1 Å². The molecule has 2 aromatic rings. The maximum absolute atomic E-state index is 13.0. The van der Waals surface area contributed by atoms with Crippen LogP contribution in [0.4, 0.5) is 24.5 Å². The Kier molecular flexibility index (Phi) is 5.39. The highest BCUT2D eigenvalue weighted by Gasteiger charge is 2.33. The first-order valence-electron chi connectivity index (χ1n) is 7.15. The number of carbonyl (C=O) groups is 1. The number of anilines is 2. The summed E-state index contributed by atoms with van der Waals surface area (Å²) in [5.74, 6) is -0.438. The smallest absolute Gasteiger partial charge is 0.376 e. The van der Waals surface area contributed by atoms with Crippen LogP contribution in [0.1, 0.15) is 16.7 Å². The van der Waals surface area contributed by atoms with Gasteiger partial charge in [0.15, 0.2) is 0 Å². The molecule has 7 heteroatoms. The van der Waals surface area contributed by atoms with Gasteiger partial charge < -0.3 is 10.6 Å². The van der Waals surface area contributed by atoms with E-state index in [2.05, 4.69) is 10.6 Å². The van der Waals surface area contributed by atoms with Crippen LogP contribution in [-0.2, 0) is 11.0 Å². The quantitative estimate of drug-likeness (QED) is 0.807. The van der Waals surface area contributed by atoms with E-state index in [1.54, 1.807) is 12.1 Å². The molecule has 128 valence electrons. The first-order chi connectivity index (χ1) is 11.2. The van der Waals surface area contributed by atoms with E-state index in [4.69, 9.17) is 11.6 Å². The minimum Gasteiger partial charge on any atom is -0.376 e. The van der Waals surface area contributed by atoms with Crippen LogP contribution < -0.4 is 10.6 Å². The number of hydrogen-bond donors (Lipinski definition) is 2. The van der Waals surface area contributed by atoms with Gasteiger partial charge in [0.1, 0.15) is 0 Å². The first-order valence-corrected chi connectivity index (χ1v) is 7.53. The van der Waals surface area contributed by atoms with Gasteiger partial charge in [0, 0.05) is 16.4 Å². The SMILES string of the molecule is Cc1cccc(NC(=O)CNc2ccc(Cl)cc2C(F)(F)F)c1C. The molecule has 0 atom stereocenters. The lowest BCUT2D eigenvalue weighted by Crippen LogP contribution is -2.23. The number of benzene rings is 2. The van der Waals surface area contributed by atoms with Crippen molar-refractivity contribution in [1.29, 1.82) is 0 Å². The summed E-state index contributed by atoms with van der Waals surface area (Å²) in [6.07, 6.45) is -4.56. The third-order valence-electron chi connectivity index (χ3n) is 3.61. The van der Waals surface area contributed by atoms with Crippen molar-refractivity contribution in [3.63, 3.8) is 0 Å². The lowest BCUT2D eigenvalue weighted by atomic mass is 10.1. The van der Waals surface area contributed by atoms with Crippen LogP contribution in [0.15, 0.2) is 36.4 Å². The van der Waals surface area contributed by atoms with Gasteiger partial charge in [0.05, 0.1) is 12.1 Å². The molecular weight excluding hydrogens is 341 g/mol. The molecule has 0 aliphatic heterocycles. The van der Waals surface area contributed by atoms with E-state index >= 15 is 0 Å². The molecule has 0 saturated heterocycles. The van der Waals surface area contributed by atoms with E-state index < -0.39 is 17.6 Å². The van der Waals surface area contributed by atoms with Crippen molar-refractivity contribution in [3.8, 4) is 0 Å². The zero-order valence-electron chi connectivity index (χ0n) is 13.1. The molecule has 2 aromatic carbocycles. The second kappa shape index (κ2) is 7.13. The number of alkyl halides is 3. The van der Waals surface area contributed by atoms with Crippen LogP contribution in [0.25, 0.3) is 0 Å². The van der Waals surface area contributed by atoms with Crippen LogP contribution in [0, 0.1) is 13.8 Å². The van der Waals surface area contributed by atoms with Gasteiger partial charge in [0.25, 0.3) is 0 Å². The van der Waals surface area contributed by atoms with Gasteiger partial charge in [-0.3, -0.25) is 4.79 Å². The Morgan fingerprint density at radius 2 is 1.83 bits per heavy atom. The lowest BCUT2D eigenvalue weighted by Gasteiger charge is -2.15. The number of aryl methyl sites for hydroxylation is 1. The molecule has 0 fully saturated rings. The number of hydrogen-bond acceptors (Lipinski definition) is 2. The molecule has 24 heavy (non-hydrogen) atoms. The Labute approximate surface area is 142 Å². The van der Waals surface area contributed by atoms with E-state index in [9.17, 15) is 18.0 Å². The predicted octanol–water partition coefficient (Wildman–Crippen LogP) is 5.03. The summed E-state index contributed by atoms with van der Waals surface area (Å²) < 4.78 is 39.0. The fourth-order valence-corrected chi connectivity index (χ4v) is 2.33. The zero-order chi connectivity index (χ0) is 17.9. The summed E-state index contributed by atoms with van der Waals surface area (Å²) in [5.41, 5.74) is 1.46. The van der Waals surface area contributed by atoms with E-state index in [0.717, 1.165) is 17.2 Å². The van der Waals surface area contributed by atoms with E-state index in [1.807, 2.05) is 19.9 Å². The summed E-state index contributed by atoms with van der Waals surface area (Å²) in [4.78, 5) is 12.0. The van der Waals surface area contributed by atoms with E-state index in [1.165, 1.54) is 12.1 Å². The van der Waals surface area contributed by atoms with Crippen LogP contribution in [0.3, 0.4) is 0 Å². The highest BCUT2D eigenvalue weighted by molar-refractivity contribution is 6.30. The maximum Gasteiger partial charge on any atom is 0.418 e. The molecule has 0 unspecified atom stereocenters. The van der Waals surface area contributed by atoms with Gasteiger partial charge in [-0.25, -0.2) is 0 Å². The van der Waals surface area contributed by atoms with Gasteiger partial charge in [-0.05, 0) is 49.2 Å². The highest BCUT2D eigenvalue weighted by atomic mass is 35.5. The average Bonchev–Trinajstić information content (AvgIpc) is 2.49. The van der Waals surface area contributed by atoms with E-state index in [-0.39, 0.29) is 17.3 Å². The molecule has 0 aliphatic rings. The summed E-state index contributed by atoms with van der Waals surface area (Å²) in [6, 6.07) is 8.81. The Morgan fingerprint density at radius 3 is 2.50 bits per heavy atom. The van der Waals surface area contributed by atoms with Crippen molar-refractivity contribution in [2.24, 2.45) is 0 Å². The summed E-state index contributed by atoms with van der Waals surface area (Å²) >= 11 is 5.62. The Hall–Kier alpha value is -2.21. The van der Waals surface area contributed by atoms with Gasteiger partial charge in [-0.1, -0.05) is 23.7 Å². The number of nitrogens with one attached hydrogen (secondary N) is 2. The predicted molar refractivity (Wildman–Crippen MR) is 89.5 cm³/mol. The second-order valence-electron chi connectivity index (χ2n) is 5.34. The monoisotopic (exact) mass is 356 g/mol. The molecule has 0 radical (unpaired) electrons. The Morgan fingerprint density at radius 1 is 1.12 bits per heavy atom. The topological polar surface area (TPSA) is 41.1 Å². The zero-order valence-corrected chi connectivity index (χ0v) is 13.8. The highest BCUT2D eigenvalue weighted by Crippen LogP contribution is 2.36. The average molecular weight is 357 g/mol. The van der Waals surface area contributed by atoms with Gasteiger partial charge >= 0.3 is 6.18 Å². The second-order valence-corrected chi connectivity index (χ2v) is 5.77. The Bertz CT molecular complexity index is 760. The lowest BCUT2D eigenvalue weighted by molar-refractivity contribution is -0.137. The van der Waals surface area contributed by atoms with Crippen LogP contribution >= 0.6 is 11.6 Å². The third-order valence-corrected chi connectivity index (χ3v) is 3.84. The van der Waals surface area contributed by atoms with Crippen LogP contribution in [0.5, 0.6) is 0 Å². The van der Waals surface area contributed by atoms with Gasteiger partial charge in [-0.2, -0.15) is 13.2 Å². The molecule has 2 N–H and O–H groups in total. The number of rotatable bonds is 4. The molecule has 3 nitrogen and oxygen atoms in total. The molecule has 0 heterocycles. The van der Waals surface area contributed by atoms with Gasteiger partial charge in [0.2, 0.25) is 5.91 Å². The summed E-state index contributed by atoms with van der Waals surface area (Å²) in [7, 11) is 0. The molecule has 0 spiro atoms. The van der Waals surface area contributed by atoms with Crippen molar-refractivity contribution in [2.75, 3.05) is 17.2 Å². The molecule has 0 aliphatic carbocycles. The van der Waals surface area contributed by atoms with Crippen LogP contribution in [0.2, 0.25) is 5.02 Å².